The first-order chi connectivity index (χ1) is 6.65. The molecule has 0 bridgehead atoms. The van der Waals surface area contributed by atoms with Crippen molar-refractivity contribution in [1.29, 1.82) is 0 Å². The van der Waals surface area contributed by atoms with Crippen LogP contribution in [0.4, 0.5) is 0 Å². The third-order valence-corrected chi connectivity index (χ3v) is 2.76. The molecule has 0 fully saturated rings. The fourth-order valence-electron chi connectivity index (χ4n) is 0.936. The molecule has 0 spiro atoms. The lowest BCUT2D eigenvalue weighted by Crippen LogP contribution is -2.26. The van der Waals surface area contributed by atoms with Gasteiger partial charge in [0.05, 0.1) is 12.2 Å². The second-order valence-electron chi connectivity index (χ2n) is 2.60. The Morgan fingerprint density at radius 1 is 1.43 bits per heavy atom. The molecule has 0 radical (unpaired) electrons. The van der Waals surface area contributed by atoms with Crippen LogP contribution in [0, 0.1) is 0 Å². The zero-order chi connectivity index (χ0) is 10.6. The van der Waals surface area contributed by atoms with Crippen molar-refractivity contribution in [1.82, 2.24) is 5.32 Å². The molecule has 3 nitrogen and oxygen atoms in total. The second-order valence-corrected chi connectivity index (χ2v) is 4.37. The van der Waals surface area contributed by atoms with Crippen molar-refractivity contribution in [3.05, 3.63) is 32.7 Å². The molecule has 0 saturated heterocycles. The quantitative estimate of drug-likeness (QED) is 0.893. The molecular weight excluding hydrogens is 314 g/mol. The minimum atomic E-state index is -0.202. The lowest BCUT2D eigenvalue weighted by Gasteiger charge is -2.05. The summed E-state index contributed by atoms with van der Waals surface area (Å²) >= 11 is 6.56. The van der Waals surface area contributed by atoms with Crippen LogP contribution < -0.4 is 5.32 Å². The van der Waals surface area contributed by atoms with Crippen molar-refractivity contribution in [2.45, 2.75) is 0 Å². The van der Waals surface area contributed by atoms with Gasteiger partial charge in [0.2, 0.25) is 0 Å². The highest BCUT2D eigenvalue weighted by Gasteiger charge is 2.09. The third-order valence-electron chi connectivity index (χ3n) is 1.57. The number of carbonyl (C=O) groups excluding carboxylic acids is 1. The highest BCUT2D eigenvalue weighted by atomic mass is 79.9. The number of halogens is 2. The van der Waals surface area contributed by atoms with Crippen LogP contribution in [0.25, 0.3) is 0 Å². The average molecular weight is 323 g/mol. The second kappa shape index (κ2) is 5.48. The number of benzene rings is 1. The average Bonchev–Trinajstić information content (AvgIpc) is 2.18. The number of amides is 1. The molecule has 1 aromatic carbocycles. The van der Waals surface area contributed by atoms with Gasteiger partial charge < -0.3 is 10.4 Å². The summed E-state index contributed by atoms with van der Waals surface area (Å²) in [4.78, 5) is 11.5. The molecule has 1 aromatic rings. The highest BCUT2D eigenvalue weighted by Crippen LogP contribution is 2.21. The van der Waals surface area contributed by atoms with Crippen molar-refractivity contribution in [3.8, 4) is 0 Å². The number of hydrogen-bond donors (Lipinski definition) is 2. The van der Waals surface area contributed by atoms with Crippen molar-refractivity contribution < 1.29 is 9.90 Å². The Morgan fingerprint density at radius 2 is 2.14 bits per heavy atom. The maximum Gasteiger partial charge on any atom is 0.252 e. The lowest BCUT2D eigenvalue weighted by atomic mass is 10.2. The number of aliphatic hydroxyl groups is 1. The first-order valence-electron chi connectivity index (χ1n) is 3.99. The van der Waals surface area contributed by atoms with E-state index in [9.17, 15) is 4.79 Å². The molecular formula is C9H9Br2NO2. The Balaban J connectivity index is 2.83. The molecule has 0 unspecified atom stereocenters. The molecule has 5 heteroatoms. The van der Waals surface area contributed by atoms with Crippen LogP contribution >= 0.6 is 31.9 Å². The fourth-order valence-corrected chi connectivity index (χ4v) is 1.72. The first kappa shape index (κ1) is 11.7. The van der Waals surface area contributed by atoms with E-state index in [2.05, 4.69) is 37.2 Å². The topological polar surface area (TPSA) is 49.3 Å². The molecule has 1 amide bonds. The third kappa shape index (κ3) is 3.08. The van der Waals surface area contributed by atoms with Gasteiger partial charge >= 0.3 is 0 Å². The van der Waals surface area contributed by atoms with Crippen LogP contribution in [0.2, 0.25) is 0 Å². The van der Waals surface area contributed by atoms with Gasteiger partial charge in [-0.1, -0.05) is 15.9 Å². The van der Waals surface area contributed by atoms with Gasteiger partial charge in [-0.15, -0.1) is 0 Å². The van der Waals surface area contributed by atoms with Crippen LogP contribution in [-0.2, 0) is 0 Å². The number of aliphatic hydroxyl groups excluding tert-OH is 1. The van der Waals surface area contributed by atoms with Gasteiger partial charge in [0.1, 0.15) is 0 Å². The SMILES string of the molecule is O=C(NCCO)c1cc(Br)ccc1Br. The van der Waals surface area contributed by atoms with Gasteiger partial charge in [0.15, 0.2) is 0 Å². The van der Waals surface area contributed by atoms with Crippen LogP contribution in [0.1, 0.15) is 10.4 Å². The Hall–Kier alpha value is -0.390. The summed E-state index contributed by atoms with van der Waals surface area (Å²) in [5.74, 6) is -0.202. The molecule has 14 heavy (non-hydrogen) atoms. The number of nitrogens with one attached hydrogen (secondary N) is 1. The minimum absolute atomic E-state index is 0.0582. The van der Waals surface area contributed by atoms with Gasteiger partial charge in [-0.25, -0.2) is 0 Å². The predicted octanol–water partition coefficient (Wildman–Crippen LogP) is 1.93. The molecule has 0 aliphatic heterocycles. The van der Waals surface area contributed by atoms with Gasteiger partial charge in [0, 0.05) is 15.5 Å². The fraction of sp³-hybridized carbons (Fsp3) is 0.222. The maximum absolute atomic E-state index is 11.5. The largest absolute Gasteiger partial charge is 0.395 e. The molecule has 0 saturated carbocycles. The Labute approximate surface area is 98.8 Å². The molecule has 0 aromatic heterocycles. The van der Waals surface area contributed by atoms with E-state index in [4.69, 9.17) is 5.11 Å². The Kier molecular flexibility index (Phi) is 4.57. The Bertz CT molecular complexity index is 342. The highest BCUT2D eigenvalue weighted by molar-refractivity contribution is 9.11. The number of hydrogen-bond acceptors (Lipinski definition) is 2. The molecule has 0 aliphatic rings. The summed E-state index contributed by atoms with van der Waals surface area (Å²) in [5, 5.41) is 11.1. The number of rotatable bonds is 3. The van der Waals surface area contributed by atoms with Crippen LogP contribution in [0.15, 0.2) is 27.1 Å². The zero-order valence-electron chi connectivity index (χ0n) is 7.26. The van der Waals surface area contributed by atoms with Crippen molar-refractivity contribution >= 4 is 37.8 Å². The molecule has 2 N–H and O–H groups in total. The summed E-state index contributed by atoms with van der Waals surface area (Å²) < 4.78 is 1.57. The van der Waals surface area contributed by atoms with Crippen molar-refractivity contribution in [2.75, 3.05) is 13.2 Å². The van der Waals surface area contributed by atoms with E-state index in [1.807, 2.05) is 6.07 Å². The van der Waals surface area contributed by atoms with Crippen LogP contribution in [0.5, 0.6) is 0 Å². The van der Waals surface area contributed by atoms with Crippen molar-refractivity contribution in [2.24, 2.45) is 0 Å². The summed E-state index contributed by atoms with van der Waals surface area (Å²) in [6.07, 6.45) is 0. The summed E-state index contributed by atoms with van der Waals surface area (Å²) in [6.45, 7) is 0.204. The number of carbonyl (C=O) groups is 1. The summed E-state index contributed by atoms with van der Waals surface area (Å²) in [6, 6.07) is 5.35. The smallest absolute Gasteiger partial charge is 0.252 e. The Morgan fingerprint density at radius 3 is 2.79 bits per heavy atom. The zero-order valence-corrected chi connectivity index (χ0v) is 10.4. The summed E-state index contributed by atoms with van der Waals surface area (Å²) in [7, 11) is 0. The minimum Gasteiger partial charge on any atom is -0.395 e. The molecule has 1 rings (SSSR count). The van der Waals surface area contributed by atoms with E-state index in [-0.39, 0.29) is 19.1 Å². The predicted molar refractivity (Wildman–Crippen MR) is 61.3 cm³/mol. The van der Waals surface area contributed by atoms with Gasteiger partial charge in [0.25, 0.3) is 5.91 Å². The van der Waals surface area contributed by atoms with Crippen molar-refractivity contribution in [3.63, 3.8) is 0 Å². The van der Waals surface area contributed by atoms with Gasteiger partial charge in [-0.05, 0) is 34.1 Å². The van der Waals surface area contributed by atoms with E-state index in [1.54, 1.807) is 12.1 Å². The van der Waals surface area contributed by atoms with E-state index in [1.165, 1.54) is 0 Å². The monoisotopic (exact) mass is 321 g/mol. The van der Waals surface area contributed by atoms with E-state index >= 15 is 0 Å². The van der Waals surface area contributed by atoms with Gasteiger partial charge in [-0.3, -0.25) is 4.79 Å². The van der Waals surface area contributed by atoms with Crippen LogP contribution in [-0.4, -0.2) is 24.2 Å². The standard InChI is InChI=1S/C9H9Br2NO2/c10-6-1-2-8(11)7(5-6)9(14)12-3-4-13/h1-2,5,13H,3-4H2,(H,12,14). The van der Waals surface area contributed by atoms with Gasteiger partial charge in [-0.2, -0.15) is 0 Å². The normalized spacial score (nSPS) is 9.93. The van der Waals surface area contributed by atoms with E-state index in [0.29, 0.717) is 5.56 Å². The first-order valence-corrected chi connectivity index (χ1v) is 5.58. The van der Waals surface area contributed by atoms with E-state index < -0.39 is 0 Å². The molecule has 0 heterocycles. The summed E-state index contributed by atoms with van der Waals surface area (Å²) in [5.41, 5.74) is 0.549. The lowest BCUT2D eigenvalue weighted by molar-refractivity contribution is 0.0944. The van der Waals surface area contributed by atoms with Crippen LogP contribution in [0.3, 0.4) is 0 Å². The maximum atomic E-state index is 11.5. The molecule has 0 atom stereocenters. The van der Waals surface area contributed by atoms with E-state index in [0.717, 1.165) is 8.95 Å². The molecule has 0 aliphatic carbocycles. The molecule has 76 valence electrons.